The Kier molecular flexibility index (Phi) is 7.27. The van der Waals surface area contributed by atoms with Crippen molar-refractivity contribution in [1.29, 1.82) is 0 Å². The Morgan fingerprint density at radius 2 is 2.06 bits per heavy atom. The lowest BCUT2D eigenvalue weighted by atomic mass is 10.0. The van der Waals surface area contributed by atoms with Gasteiger partial charge in [-0.3, -0.25) is 9.69 Å². The van der Waals surface area contributed by atoms with Crippen LogP contribution >= 0.6 is 11.8 Å². The molecule has 0 bridgehead atoms. The van der Waals surface area contributed by atoms with Crippen molar-refractivity contribution < 1.29 is 9.53 Å². The summed E-state index contributed by atoms with van der Waals surface area (Å²) in [6, 6.07) is 1.97. The molecule has 2 aliphatic rings. The molecular weight excluding hydrogens is 424 g/mol. The molecule has 0 aromatic carbocycles. The van der Waals surface area contributed by atoms with E-state index in [0.717, 1.165) is 31.0 Å². The van der Waals surface area contributed by atoms with E-state index in [1.807, 2.05) is 11.0 Å². The number of allylic oxidation sites excluding steroid dienone is 1. The van der Waals surface area contributed by atoms with Crippen LogP contribution in [0.4, 0.5) is 0 Å². The third kappa shape index (κ3) is 4.74. The van der Waals surface area contributed by atoms with Crippen LogP contribution in [0.15, 0.2) is 29.9 Å². The molecule has 1 amide bonds. The summed E-state index contributed by atoms with van der Waals surface area (Å²) in [7, 11) is 1.72. The van der Waals surface area contributed by atoms with Gasteiger partial charge in [-0.05, 0) is 23.3 Å². The maximum atomic E-state index is 13.4. The van der Waals surface area contributed by atoms with Gasteiger partial charge in [0.2, 0.25) is 0 Å². The van der Waals surface area contributed by atoms with Crippen molar-refractivity contribution in [1.82, 2.24) is 29.5 Å². The zero-order chi connectivity index (χ0) is 22.7. The van der Waals surface area contributed by atoms with Gasteiger partial charge in [0.1, 0.15) is 0 Å². The fourth-order valence-corrected chi connectivity index (χ4v) is 5.36. The smallest absolute Gasteiger partial charge is 0.257 e. The molecule has 0 spiro atoms. The molecule has 0 aliphatic carbocycles. The van der Waals surface area contributed by atoms with Gasteiger partial charge in [-0.2, -0.15) is 5.10 Å². The first-order valence-corrected chi connectivity index (χ1v) is 12.2. The Balaban J connectivity index is 1.55. The van der Waals surface area contributed by atoms with Crippen LogP contribution in [0.3, 0.4) is 0 Å². The zero-order valence-electron chi connectivity index (χ0n) is 19.3. The lowest BCUT2D eigenvalue weighted by Gasteiger charge is -2.34. The normalized spacial score (nSPS) is 21.6. The van der Waals surface area contributed by atoms with Crippen molar-refractivity contribution in [3.05, 3.63) is 46.9 Å². The monoisotopic (exact) mass is 456 g/mol. The number of amides is 1. The number of methoxy groups -OCH3 is 1. The summed E-state index contributed by atoms with van der Waals surface area (Å²) in [4.78, 5) is 27.0. The maximum absolute atomic E-state index is 13.4. The number of hydrogen-bond donors (Lipinski definition) is 0. The van der Waals surface area contributed by atoms with E-state index in [2.05, 4.69) is 47.2 Å². The zero-order valence-corrected chi connectivity index (χ0v) is 20.1. The van der Waals surface area contributed by atoms with Crippen LogP contribution in [-0.2, 0) is 4.74 Å². The van der Waals surface area contributed by atoms with Crippen LogP contribution < -0.4 is 0 Å². The van der Waals surface area contributed by atoms with Gasteiger partial charge < -0.3 is 9.64 Å². The minimum Gasteiger partial charge on any atom is -0.383 e. The van der Waals surface area contributed by atoms with Gasteiger partial charge in [-0.25, -0.2) is 14.6 Å². The fraction of sp³-hybridized carbons (Fsp3) is 0.565. The van der Waals surface area contributed by atoms with E-state index >= 15 is 0 Å². The quantitative estimate of drug-likeness (QED) is 0.633. The Labute approximate surface area is 194 Å². The number of ether oxygens (including phenoxy) is 1. The maximum Gasteiger partial charge on any atom is 0.257 e. The molecule has 2 aromatic rings. The molecular formula is C23H32N6O2S. The molecule has 2 aliphatic heterocycles. The second kappa shape index (κ2) is 10.1. The average Bonchev–Trinajstić information content (AvgIpc) is 3.44. The summed E-state index contributed by atoms with van der Waals surface area (Å²) in [6.07, 6.45) is 5.67. The van der Waals surface area contributed by atoms with Gasteiger partial charge in [-0.1, -0.05) is 26.8 Å². The summed E-state index contributed by atoms with van der Waals surface area (Å²) in [5, 5.41) is 6.98. The number of nitrogens with zero attached hydrogens (tertiary/aromatic N) is 6. The van der Waals surface area contributed by atoms with Crippen molar-refractivity contribution in [2.75, 3.05) is 46.4 Å². The lowest BCUT2D eigenvalue weighted by molar-refractivity contribution is 0.0593. The van der Waals surface area contributed by atoms with Crippen LogP contribution in [0.5, 0.6) is 0 Å². The van der Waals surface area contributed by atoms with Crippen molar-refractivity contribution in [2.45, 2.75) is 31.9 Å². The van der Waals surface area contributed by atoms with Gasteiger partial charge >= 0.3 is 0 Å². The molecule has 32 heavy (non-hydrogen) atoms. The van der Waals surface area contributed by atoms with E-state index in [9.17, 15) is 4.79 Å². The van der Waals surface area contributed by atoms with E-state index in [1.165, 1.54) is 0 Å². The Morgan fingerprint density at radius 3 is 2.72 bits per heavy atom. The summed E-state index contributed by atoms with van der Waals surface area (Å²) in [5.74, 6) is 1.08. The van der Waals surface area contributed by atoms with Crippen LogP contribution in [-0.4, -0.2) is 81.9 Å². The number of piperazine rings is 1. The summed E-state index contributed by atoms with van der Waals surface area (Å²) < 4.78 is 6.92. The lowest BCUT2D eigenvalue weighted by Crippen LogP contribution is -2.49. The SMILES string of the molecule is COCCN1CCN(C(=O)c2cnn(-c3nccc(C4SC=CC4C)n3)c2C(C)C)CC1. The number of aromatic nitrogens is 4. The number of hydrogen-bond acceptors (Lipinski definition) is 7. The predicted molar refractivity (Wildman–Crippen MR) is 126 cm³/mol. The van der Waals surface area contributed by atoms with Crippen molar-refractivity contribution in [3.63, 3.8) is 0 Å². The van der Waals surface area contributed by atoms with Gasteiger partial charge in [0.15, 0.2) is 0 Å². The molecule has 4 heterocycles. The Bertz CT molecular complexity index is 967. The molecule has 0 radical (unpaired) electrons. The topological polar surface area (TPSA) is 76.4 Å². The van der Waals surface area contributed by atoms with E-state index < -0.39 is 0 Å². The number of carbonyl (C=O) groups excluding carboxylic acids is 1. The van der Waals surface area contributed by atoms with Gasteiger partial charge in [0, 0.05) is 46.0 Å². The van der Waals surface area contributed by atoms with Crippen LogP contribution in [0.1, 0.15) is 53.7 Å². The summed E-state index contributed by atoms with van der Waals surface area (Å²) >= 11 is 1.78. The van der Waals surface area contributed by atoms with E-state index in [4.69, 9.17) is 9.72 Å². The second-order valence-corrected chi connectivity index (χ2v) is 9.71. The van der Waals surface area contributed by atoms with Gasteiger partial charge in [0.25, 0.3) is 11.9 Å². The van der Waals surface area contributed by atoms with Crippen LogP contribution in [0.25, 0.3) is 5.95 Å². The fourth-order valence-electron chi connectivity index (χ4n) is 4.24. The van der Waals surface area contributed by atoms with E-state index in [-0.39, 0.29) is 17.1 Å². The molecule has 172 valence electrons. The molecule has 1 fully saturated rings. The number of carbonyl (C=O) groups is 1. The highest BCUT2D eigenvalue weighted by molar-refractivity contribution is 8.02. The van der Waals surface area contributed by atoms with Crippen molar-refractivity contribution >= 4 is 17.7 Å². The molecule has 8 nitrogen and oxygen atoms in total. The summed E-state index contributed by atoms with van der Waals surface area (Å²) in [6.45, 7) is 11.1. The molecule has 9 heteroatoms. The van der Waals surface area contributed by atoms with Crippen molar-refractivity contribution in [3.8, 4) is 5.95 Å². The van der Waals surface area contributed by atoms with Crippen molar-refractivity contribution in [2.24, 2.45) is 5.92 Å². The molecule has 0 N–H and O–H groups in total. The Hall–Kier alpha value is -2.23. The standard InChI is InChI=1S/C23H32N6O2S/c1-16(2)20-18(22(30)28-10-8-27(9-11-28)12-13-31-4)15-25-29(20)23-24-7-5-19(26-23)21-17(3)6-14-32-21/h5-7,14-17,21H,8-13H2,1-4H3. The number of thioether (sulfide) groups is 1. The van der Waals surface area contributed by atoms with Gasteiger partial charge in [0.05, 0.1) is 35.0 Å². The summed E-state index contributed by atoms with van der Waals surface area (Å²) in [5.41, 5.74) is 2.49. The second-order valence-electron chi connectivity index (χ2n) is 8.66. The van der Waals surface area contributed by atoms with Crippen LogP contribution in [0, 0.1) is 5.92 Å². The van der Waals surface area contributed by atoms with E-state index in [1.54, 1.807) is 35.9 Å². The molecule has 2 unspecified atom stereocenters. The first-order chi connectivity index (χ1) is 15.5. The van der Waals surface area contributed by atoms with Crippen LogP contribution in [0.2, 0.25) is 0 Å². The molecule has 1 saturated heterocycles. The number of rotatable bonds is 7. The predicted octanol–water partition coefficient (Wildman–Crippen LogP) is 3.13. The minimum atomic E-state index is 0.0340. The molecule has 2 atom stereocenters. The Morgan fingerprint density at radius 1 is 1.28 bits per heavy atom. The van der Waals surface area contributed by atoms with E-state index in [0.29, 0.717) is 37.1 Å². The minimum absolute atomic E-state index is 0.0340. The van der Waals surface area contributed by atoms with Gasteiger partial charge in [-0.15, -0.1) is 11.8 Å². The highest BCUT2D eigenvalue weighted by atomic mass is 32.2. The third-order valence-electron chi connectivity index (χ3n) is 6.09. The third-order valence-corrected chi connectivity index (χ3v) is 7.36. The molecule has 4 rings (SSSR count). The first kappa shape index (κ1) is 22.9. The highest BCUT2D eigenvalue weighted by Crippen LogP contribution is 2.41. The molecule has 2 aromatic heterocycles. The average molecular weight is 457 g/mol. The first-order valence-electron chi connectivity index (χ1n) is 11.2. The molecule has 0 saturated carbocycles. The highest BCUT2D eigenvalue weighted by Gasteiger charge is 2.29. The largest absolute Gasteiger partial charge is 0.383 e.